The molecule has 0 aliphatic rings. The number of carbonyl (C=O) groups is 1. The van der Waals surface area contributed by atoms with Crippen molar-refractivity contribution >= 4 is 24.0 Å². The van der Waals surface area contributed by atoms with Crippen molar-refractivity contribution in [3.63, 3.8) is 0 Å². The number of halogens is 1. The van der Waals surface area contributed by atoms with E-state index in [9.17, 15) is 14.9 Å². The average molecular weight is 346 g/mol. The normalized spacial score (nSPS) is 13.0. The second-order valence-corrected chi connectivity index (χ2v) is 5.60. The number of nitrogens with zero attached hydrogens (tertiary/aromatic N) is 1. The molecule has 0 fully saturated rings. The Bertz CT molecular complexity index is 566. The van der Waals surface area contributed by atoms with Gasteiger partial charge in [-0.3, -0.25) is 14.9 Å². The second-order valence-electron chi connectivity index (χ2n) is 5.60. The lowest BCUT2D eigenvalue weighted by atomic mass is 9.88. The van der Waals surface area contributed by atoms with Gasteiger partial charge < -0.3 is 15.8 Å². The van der Waals surface area contributed by atoms with E-state index in [1.54, 1.807) is 6.92 Å². The summed E-state index contributed by atoms with van der Waals surface area (Å²) in [6.45, 7) is 8.07. The highest BCUT2D eigenvalue weighted by Crippen LogP contribution is 2.28. The first kappa shape index (κ1) is 21.1. The topological polar surface area (TPSA) is 107 Å². The highest BCUT2D eigenvalue weighted by atomic mass is 35.5. The van der Waals surface area contributed by atoms with E-state index in [2.05, 4.69) is 5.32 Å². The van der Waals surface area contributed by atoms with Crippen LogP contribution in [0.1, 0.15) is 38.1 Å². The maximum atomic E-state index is 12.3. The number of carbonyl (C=O) groups excluding carboxylic acids is 1. The lowest BCUT2D eigenvalue weighted by Crippen LogP contribution is -2.55. The summed E-state index contributed by atoms with van der Waals surface area (Å²) in [6, 6.07) is 4.16. The van der Waals surface area contributed by atoms with Crippen LogP contribution in [-0.4, -0.2) is 29.5 Å². The number of rotatable bonds is 7. The summed E-state index contributed by atoms with van der Waals surface area (Å²) >= 11 is 0. The lowest BCUT2D eigenvalue weighted by molar-refractivity contribution is -0.385. The molecular formula is C15H24ClN3O4. The minimum atomic E-state index is -0.579. The number of ether oxygens (including phenoxy) is 1. The van der Waals surface area contributed by atoms with Crippen molar-refractivity contribution < 1.29 is 14.5 Å². The molecule has 0 bridgehead atoms. The monoisotopic (exact) mass is 345 g/mol. The highest BCUT2D eigenvalue weighted by Gasteiger charge is 2.29. The molecule has 1 unspecified atom stereocenters. The molecule has 1 aromatic carbocycles. The van der Waals surface area contributed by atoms with Gasteiger partial charge >= 0.3 is 5.69 Å². The Balaban J connectivity index is 0.00000484. The molecule has 1 rings (SSSR count). The van der Waals surface area contributed by atoms with Crippen molar-refractivity contribution in [3.8, 4) is 5.75 Å². The molecule has 0 spiro atoms. The van der Waals surface area contributed by atoms with Crippen molar-refractivity contribution in [2.75, 3.05) is 13.2 Å². The summed E-state index contributed by atoms with van der Waals surface area (Å²) in [5, 5.41) is 13.9. The number of nitro groups is 1. The fourth-order valence-corrected chi connectivity index (χ4v) is 1.84. The van der Waals surface area contributed by atoms with E-state index in [4.69, 9.17) is 10.5 Å². The molecule has 0 heterocycles. The van der Waals surface area contributed by atoms with Gasteiger partial charge in [-0.15, -0.1) is 12.4 Å². The first-order valence-electron chi connectivity index (χ1n) is 7.19. The van der Waals surface area contributed by atoms with Crippen LogP contribution in [0.3, 0.4) is 0 Å². The Morgan fingerprint density at radius 2 is 2.09 bits per heavy atom. The summed E-state index contributed by atoms with van der Waals surface area (Å²) in [4.78, 5) is 22.9. The van der Waals surface area contributed by atoms with Crippen LogP contribution in [0.25, 0.3) is 0 Å². The molecule has 3 N–H and O–H groups in total. The molecule has 0 radical (unpaired) electrons. The van der Waals surface area contributed by atoms with Crippen LogP contribution in [0.5, 0.6) is 5.75 Å². The Morgan fingerprint density at radius 3 is 2.52 bits per heavy atom. The number of nitro benzene ring substituents is 1. The van der Waals surface area contributed by atoms with Crippen LogP contribution >= 0.6 is 12.4 Å². The zero-order chi connectivity index (χ0) is 16.9. The first-order chi connectivity index (χ1) is 10.2. The van der Waals surface area contributed by atoms with E-state index < -0.39 is 16.4 Å². The predicted octanol–water partition coefficient (Wildman–Crippen LogP) is 2.52. The van der Waals surface area contributed by atoms with Gasteiger partial charge in [-0.05, 0) is 31.9 Å². The fraction of sp³-hybridized carbons (Fsp3) is 0.533. The quantitative estimate of drug-likeness (QED) is 0.583. The van der Waals surface area contributed by atoms with Gasteiger partial charge in [-0.25, -0.2) is 0 Å². The van der Waals surface area contributed by atoms with E-state index in [0.717, 1.165) is 0 Å². The van der Waals surface area contributed by atoms with E-state index >= 15 is 0 Å². The lowest BCUT2D eigenvalue weighted by Gasteiger charge is -2.33. The molecule has 1 atom stereocenters. The second kappa shape index (κ2) is 8.69. The standard InChI is InChI=1S/C15H23N3O4.ClH/c1-5-22-13-7-6-11(8-12(13)18(20)21)14(19)17-15(4,9-16)10(2)3;/h6-8,10H,5,9,16H2,1-4H3,(H,17,19);1H. The largest absolute Gasteiger partial charge is 0.487 e. The molecule has 0 aliphatic heterocycles. The van der Waals surface area contributed by atoms with Gasteiger partial charge in [-0.1, -0.05) is 13.8 Å². The van der Waals surface area contributed by atoms with Crippen LogP contribution in [0, 0.1) is 16.0 Å². The van der Waals surface area contributed by atoms with E-state index in [1.807, 2.05) is 20.8 Å². The molecule has 1 amide bonds. The minimum absolute atomic E-state index is 0. The van der Waals surface area contributed by atoms with Gasteiger partial charge in [0.05, 0.1) is 17.1 Å². The van der Waals surface area contributed by atoms with Crippen molar-refractivity contribution in [1.29, 1.82) is 0 Å². The van der Waals surface area contributed by atoms with E-state index in [1.165, 1.54) is 18.2 Å². The van der Waals surface area contributed by atoms with Crippen LogP contribution < -0.4 is 15.8 Å². The van der Waals surface area contributed by atoms with E-state index in [-0.39, 0.29) is 41.9 Å². The summed E-state index contributed by atoms with van der Waals surface area (Å²) in [5.74, 6) is -0.124. The summed E-state index contributed by atoms with van der Waals surface area (Å²) in [5.41, 5.74) is 5.13. The molecular weight excluding hydrogens is 322 g/mol. The molecule has 0 saturated carbocycles. The average Bonchev–Trinajstić information content (AvgIpc) is 2.47. The number of nitrogens with one attached hydrogen (secondary N) is 1. The number of benzene rings is 1. The zero-order valence-corrected chi connectivity index (χ0v) is 14.6. The fourth-order valence-electron chi connectivity index (χ4n) is 1.84. The molecule has 23 heavy (non-hydrogen) atoms. The van der Waals surface area contributed by atoms with Crippen molar-refractivity contribution in [2.24, 2.45) is 11.7 Å². The third-order valence-corrected chi connectivity index (χ3v) is 3.82. The minimum Gasteiger partial charge on any atom is -0.487 e. The Hall–Kier alpha value is -1.86. The Kier molecular flexibility index (Phi) is 7.99. The highest BCUT2D eigenvalue weighted by molar-refractivity contribution is 5.95. The predicted molar refractivity (Wildman–Crippen MR) is 91.3 cm³/mol. The summed E-state index contributed by atoms with van der Waals surface area (Å²) in [7, 11) is 0. The summed E-state index contributed by atoms with van der Waals surface area (Å²) < 4.78 is 5.20. The molecule has 130 valence electrons. The van der Waals surface area contributed by atoms with Crippen LogP contribution in [0.2, 0.25) is 0 Å². The van der Waals surface area contributed by atoms with Gasteiger partial charge in [0, 0.05) is 18.2 Å². The van der Waals surface area contributed by atoms with Gasteiger partial charge in [0.25, 0.3) is 5.91 Å². The Morgan fingerprint density at radius 1 is 1.48 bits per heavy atom. The van der Waals surface area contributed by atoms with Gasteiger partial charge in [0.1, 0.15) is 0 Å². The molecule has 7 nitrogen and oxygen atoms in total. The van der Waals surface area contributed by atoms with Crippen molar-refractivity contribution in [2.45, 2.75) is 33.2 Å². The van der Waals surface area contributed by atoms with Gasteiger partial charge in [0.2, 0.25) is 0 Å². The van der Waals surface area contributed by atoms with Gasteiger partial charge in [-0.2, -0.15) is 0 Å². The smallest absolute Gasteiger partial charge is 0.311 e. The number of hydrogen-bond acceptors (Lipinski definition) is 5. The van der Waals surface area contributed by atoms with Crippen LogP contribution in [-0.2, 0) is 0 Å². The summed E-state index contributed by atoms with van der Waals surface area (Å²) in [6.07, 6.45) is 0. The Labute approximate surface area is 142 Å². The maximum absolute atomic E-state index is 12.3. The van der Waals surface area contributed by atoms with Crippen molar-refractivity contribution in [3.05, 3.63) is 33.9 Å². The third-order valence-electron chi connectivity index (χ3n) is 3.82. The van der Waals surface area contributed by atoms with Crippen molar-refractivity contribution in [1.82, 2.24) is 5.32 Å². The first-order valence-corrected chi connectivity index (χ1v) is 7.19. The number of nitrogens with two attached hydrogens (primary N) is 1. The maximum Gasteiger partial charge on any atom is 0.311 e. The zero-order valence-electron chi connectivity index (χ0n) is 13.8. The van der Waals surface area contributed by atoms with E-state index in [0.29, 0.717) is 6.61 Å². The molecule has 8 heteroatoms. The number of hydrogen-bond donors (Lipinski definition) is 2. The SMILES string of the molecule is CCOc1ccc(C(=O)NC(C)(CN)C(C)C)cc1[N+](=O)[O-].Cl. The molecule has 0 aliphatic carbocycles. The molecule has 0 aromatic heterocycles. The molecule has 1 aromatic rings. The third kappa shape index (κ3) is 5.07. The number of amides is 1. The van der Waals surface area contributed by atoms with Crippen LogP contribution in [0.4, 0.5) is 5.69 Å². The van der Waals surface area contributed by atoms with Gasteiger partial charge in [0.15, 0.2) is 5.75 Å². The van der Waals surface area contributed by atoms with Crippen LogP contribution in [0.15, 0.2) is 18.2 Å². The molecule has 0 saturated heterocycles.